The van der Waals surface area contributed by atoms with Crippen molar-refractivity contribution in [3.63, 3.8) is 0 Å². The van der Waals surface area contributed by atoms with E-state index < -0.39 is 0 Å². The van der Waals surface area contributed by atoms with Gasteiger partial charge in [-0.25, -0.2) is 4.98 Å². The van der Waals surface area contributed by atoms with Crippen LogP contribution in [0.2, 0.25) is 0 Å². The Morgan fingerprint density at radius 1 is 1.22 bits per heavy atom. The maximum atomic E-state index is 4.49. The topological polar surface area (TPSA) is 24.9 Å². The molecule has 0 bridgehead atoms. The fourth-order valence-electron chi connectivity index (χ4n) is 1.70. The highest BCUT2D eigenvalue weighted by Crippen LogP contribution is 2.17. The molecule has 0 saturated heterocycles. The van der Waals surface area contributed by atoms with Crippen LogP contribution in [0.4, 0.5) is 0 Å². The van der Waals surface area contributed by atoms with Crippen LogP contribution in [0.25, 0.3) is 0 Å². The van der Waals surface area contributed by atoms with Gasteiger partial charge in [0.2, 0.25) is 0 Å². The molecule has 2 rings (SSSR count). The Labute approximate surface area is 113 Å². The molecule has 0 atom stereocenters. The largest absolute Gasteiger partial charge is 0.310 e. The molecule has 0 aliphatic rings. The lowest BCUT2D eigenvalue weighted by Gasteiger charge is -2.04. The predicted molar refractivity (Wildman–Crippen MR) is 78.1 cm³/mol. The van der Waals surface area contributed by atoms with Crippen LogP contribution in [-0.2, 0) is 13.0 Å². The van der Waals surface area contributed by atoms with Gasteiger partial charge in [0, 0.05) is 30.1 Å². The second-order valence-corrected chi connectivity index (χ2v) is 6.12. The SMILES string of the molecule is Cc1ccc(Cc2ncc(CNC(C)C)s2)cc1. The highest BCUT2D eigenvalue weighted by Gasteiger charge is 2.03. The van der Waals surface area contributed by atoms with Gasteiger partial charge in [0.05, 0.1) is 5.01 Å². The molecule has 2 nitrogen and oxygen atoms in total. The Hall–Kier alpha value is -1.19. The number of aromatic nitrogens is 1. The molecule has 96 valence electrons. The average molecular weight is 260 g/mol. The first-order valence-electron chi connectivity index (χ1n) is 6.36. The zero-order valence-corrected chi connectivity index (χ0v) is 12.1. The van der Waals surface area contributed by atoms with Crippen LogP contribution in [0, 0.1) is 6.92 Å². The maximum Gasteiger partial charge on any atom is 0.0971 e. The van der Waals surface area contributed by atoms with E-state index in [9.17, 15) is 0 Å². The van der Waals surface area contributed by atoms with Gasteiger partial charge in [0.25, 0.3) is 0 Å². The summed E-state index contributed by atoms with van der Waals surface area (Å²) < 4.78 is 0. The summed E-state index contributed by atoms with van der Waals surface area (Å²) in [7, 11) is 0. The predicted octanol–water partition coefficient (Wildman–Crippen LogP) is 3.54. The van der Waals surface area contributed by atoms with Gasteiger partial charge >= 0.3 is 0 Å². The van der Waals surface area contributed by atoms with Gasteiger partial charge in [-0.1, -0.05) is 43.7 Å². The highest BCUT2D eigenvalue weighted by molar-refractivity contribution is 7.11. The molecule has 0 saturated carbocycles. The molecule has 0 amide bonds. The van der Waals surface area contributed by atoms with Crippen LogP contribution in [0.15, 0.2) is 30.5 Å². The van der Waals surface area contributed by atoms with Crippen molar-refractivity contribution in [2.45, 2.75) is 39.8 Å². The third-order valence-electron chi connectivity index (χ3n) is 2.76. The summed E-state index contributed by atoms with van der Waals surface area (Å²) in [5, 5.41) is 4.61. The van der Waals surface area contributed by atoms with E-state index in [1.807, 2.05) is 6.20 Å². The summed E-state index contributed by atoms with van der Waals surface area (Å²) in [5.41, 5.74) is 2.64. The van der Waals surface area contributed by atoms with Gasteiger partial charge in [-0.05, 0) is 12.5 Å². The lowest BCUT2D eigenvalue weighted by Crippen LogP contribution is -2.21. The van der Waals surface area contributed by atoms with Crippen LogP contribution in [0.5, 0.6) is 0 Å². The fraction of sp³-hybridized carbons (Fsp3) is 0.400. The van der Waals surface area contributed by atoms with Crippen LogP contribution < -0.4 is 5.32 Å². The van der Waals surface area contributed by atoms with Gasteiger partial charge in [-0.3, -0.25) is 0 Å². The Morgan fingerprint density at radius 2 is 1.94 bits per heavy atom. The Balaban J connectivity index is 1.95. The van der Waals surface area contributed by atoms with Crippen molar-refractivity contribution in [1.29, 1.82) is 0 Å². The number of hydrogen-bond donors (Lipinski definition) is 1. The van der Waals surface area contributed by atoms with Crippen molar-refractivity contribution in [2.24, 2.45) is 0 Å². The number of rotatable bonds is 5. The van der Waals surface area contributed by atoms with Crippen LogP contribution in [0.3, 0.4) is 0 Å². The van der Waals surface area contributed by atoms with E-state index in [1.54, 1.807) is 11.3 Å². The Bertz CT molecular complexity index is 485. The first-order valence-corrected chi connectivity index (χ1v) is 7.17. The molecule has 0 aliphatic carbocycles. The quantitative estimate of drug-likeness (QED) is 0.889. The number of nitrogens with zero attached hydrogens (tertiary/aromatic N) is 1. The third kappa shape index (κ3) is 3.93. The third-order valence-corrected chi connectivity index (χ3v) is 3.76. The number of aryl methyl sites for hydroxylation is 1. The van der Waals surface area contributed by atoms with Crippen molar-refractivity contribution < 1.29 is 0 Å². The summed E-state index contributed by atoms with van der Waals surface area (Å²) >= 11 is 1.80. The van der Waals surface area contributed by atoms with E-state index in [1.165, 1.54) is 21.0 Å². The highest BCUT2D eigenvalue weighted by atomic mass is 32.1. The molecule has 2 aromatic rings. The zero-order valence-electron chi connectivity index (χ0n) is 11.2. The van der Waals surface area contributed by atoms with E-state index in [2.05, 4.69) is 55.3 Å². The van der Waals surface area contributed by atoms with Gasteiger partial charge in [0.15, 0.2) is 0 Å². The maximum absolute atomic E-state index is 4.49. The smallest absolute Gasteiger partial charge is 0.0971 e. The molecule has 0 unspecified atom stereocenters. The summed E-state index contributed by atoms with van der Waals surface area (Å²) in [5.74, 6) is 0. The number of benzene rings is 1. The first kappa shape index (κ1) is 13.2. The number of thiazole rings is 1. The van der Waals surface area contributed by atoms with Gasteiger partial charge in [-0.15, -0.1) is 11.3 Å². The standard InChI is InChI=1S/C15H20N2S/c1-11(2)16-9-14-10-17-15(18-14)8-13-6-4-12(3)5-7-13/h4-7,10-11,16H,8-9H2,1-3H3. The second-order valence-electron chi connectivity index (χ2n) is 4.92. The molecule has 1 aromatic heterocycles. The van der Waals surface area contributed by atoms with Crippen molar-refractivity contribution in [2.75, 3.05) is 0 Å². The minimum Gasteiger partial charge on any atom is -0.310 e. The van der Waals surface area contributed by atoms with Crippen molar-refractivity contribution >= 4 is 11.3 Å². The van der Waals surface area contributed by atoms with E-state index in [0.717, 1.165) is 13.0 Å². The first-order chi connectivity index (χ1) is 8.63. The van der Waals surface area contributed by atoms with Crippen LogP contribution >= 0.6 is 11.3 Å². The minimum absolute atomic E-state index is 0.521. The molecule has 1 N–H and O–H groups in total. The zero-order chi connectivity index (χ0) is 13.0. The molecular formula is C15H20N2S. The van der Waals surface area contributed by atoms with Crippen molar-refractivity contribution in [1.82, 2.24) is 10.3 Å². The summed E-state index contributed by atoms with van der Waals surface area (Å²) in [4.78, 5) is 5.80. The van der Waals surface area contributed by atoms with E-state index in [4.69, 9.17) is 0 Å². The molecule has 1 aromatic carbocycles. The molecular weight excluding hydrogens is 240 g/mol. The second kappa shape index (κ2) is 6.12. The van der Waals surface area contributed by atoms with Crippen LogP contribution in [-0.4, -0.2) is 11.0 Å². The number of nitrogens with one attached hydrogen (secondary N) is 1. The molecule has 3 heteroatoms. The van der Waals surface area contributed by atoms with Crippen molar-refractivity contribution in [3.8, 4) is 0 Å². The minimum atomic E-state index is 0.521. The van der Waals surface area contributed by atoms with Gasteiger partial charge < -0.3 is 5.32 Å². The summed E-state index contributed by atoms with van der Waals surface area (Å²) in [6, 6.07) is 9.20. The monoisotopic (exact) mass is 260 g/mol. The molecule has 1 heterocycles. The Kier molecular flexibility index (Phi) is 4.50. The van der Waals surface area contributed by atoms with Crippen molar-refractivity contribution in [3.05, 3.63) is 51.5 Å². The van der Waals surface area contributed by atoms with Gasteiger partial charge in [0.1, 0.15) is 0 Å². The summed E-state index contributed by atoms with van der Waals surface area (Å²) in [6.07, 6.45) is 2.93. The summed E-state index contributed by atoms with van der Waals surface area (Å²) in [6.45, 7) is 7.36. The lowest BCUT2D eigenvalue weighted by molar-refractivity contribution is 0.593. The van der Waals surface area contributed by atoms with Gasteiger partial charge in [-0.2, -0.15) is 0 Å². The molecule has 0 spiro atoms. The average Bonchev–Trinajstić information content (AvgIpc) is 2.77. The lowest BCUT2D eigenvalue weighted by atomic mass is 10.1. The van der Waals surface area contributed by atoms with Crippen LogP contribution in [0.1, 0.15) is 34.9 Å². The molecule has 0 radical (unpaired) electrons. The van der Waals surface area contributed by atoms with E-state index in [0.29, 0.717) is 6.04 Å². The van der Waals surface area contributed by atoms with E-state index in [-0.39, 0.29) is 0 Å². The molecule has 18 heavy (non-hydrogen) atoms. The normalized spacial score (nSPS) is 11.1. The molecule has 0 fully saturated rings. The molecule has 0 aliphatic heterocycles. The Morgan fingerprint density at radius 3 is 2.61 bits per heavy atom. The fourth-order valence-corrected chi connectivity index (χ4v) is 2.60. The number of hydrogen-bond acceptors (Lipinski definition) is 3. The van der Waals surface area contributed by atoms with E-state index >= 15 is 0 Å².